The second-order valence-corrected chi connectivity index (χ2v) is 4.46. The van der Waals surface area contributed by atoms with Gasteiger partial charge in [0.15, 0.2) is 0 Å². The van der Waals surface area contributed by atoms with Gasteiger partial charge in [0, 0.05) is 57.6 Å². The molecule has 5 nitrogen and oxygen atoms in total. The van der Waals surface area contributed by atoms with Crippen LogP contribution in [0.2, 0.25) is 0 Å². The van der Waals surface area contributed by atoms with Crippen LogP contribution in [0.4, 0.5) is 0 Å². The molecule has 5 heteroatoms. The van der Waals surface area contributed by atoms with Crippen LogP contribution in [0.15, 0.2) is 18.7 Å². The van der Waals surface area contributed by atoms with E-state index in [-0.39, 0.29) is 0 Å². The molecule has 0 fully saturated rings. The van der Waals surface area contributed by atoms with E-state index in [1.165, 1.54) is 11.4 Å². The highest BCUT2D eigenvalue weighted by atomic mass is 15.1. The number of hydrogen-bond acceptors (Lipinski definition) is 3. The highest BCUT2D eigenvalue weighted by molar-refractivity contribution is 5.16. The first-order valence-corrected chi connectivity index (χ1v) is 6.04. The van der Waals surface area contributed by atoms with Crippen molar-refractivity contribution in [1.29, 1.82) is 0 Å². The zero-order valence-electron chi connectivity index (χ0n) is 10.1. The molecule has 2 aromatic heterocycles. The Balaban J connectivity index is 1.73. The average molecular weight is 231 g/mol. The van der Waals surface area contributed by atoms with E-state index in [0.717, 1.165) is 38.3 Å². The predicted octanol–water partition coefficient (Wildman–Crippen LogP) is 0.505. The average Bonchev–Trinajstić information content (AvgIpc) is 2.93. The van der Waals surface area contributed by atoms with E-state index in [4.69, 9.17) is 0 Å². The zero-order chi connectivity index (χ0) is 11.7. The smallest absolute Gasteiger partial charge is 0.110 e. The lowest BCUT2D eigenvalue weighted by atomic mass is 10.2. The van der Waals surface area contributed by atoms with Gasteiger partial charge < -0.3 is 14.5 Å². The maximum Gasteiger partial charge on any atom is 0.110 e. The van der Waals surface area contributed by atoms with Crippen LogP contribution < -0.4 is 5.32 Å². The van der Waals surface area contributed by atoms with E-state index in [2.05, 4.69) is 24.4 Å². The molecule has 0 atom stereocenters. The number of aryl methyl sites for hydroxylation is 3. The van der Waals surface area contributed by atoms with Crippen molar-refractivity contribution in [2.45, 2.75) is 25.9 Å². The van der Waals surface area contributed by atoms with Gasteiger partial charge in [-0.2, -0.15) is 0 Å². The van der Waals surface area contributed by atoms with Crippen molar-refractivity contribution >= 4 is 0 Å². The molecule has 90 valence electrons. The van der Waals surface area contributed by atoms with E-state index in [1.54, 1.807) is 0 Å². The monoisotopic (exact) mass is 231 g/mol. The number of nitrogens with zero attached hydrogens (tertiary/aromatic N) is 4. The van der Waals surface area contributed by atoms with Crippen molar-refractivity contribution in [1.82, 2.24) is 24.4 Å². The number of aromatic nitrogens is 4. The minimum Gasteiger partial charge on any atom is -0.338 e. The Hall–Kier alpha value is -1.62. The maximum atomic E-state index is 4.45. The van der Waals surface area contributed by atoms with Crippen LogP contribution in [0.3, 0.4) is 0 Å². The third-order valence-corrected chi connectivity index (χ3v) is 3.36. The van der Waals surface area contributed by atoms with Gasteiger partial charge in [0.2, 0.25) is 0 Å². The molecule has 0 unspecified atom stereocenters. The Bertz CT molecular complexity index is 511. The molecule has 3 rings (SSSR count). The Morgan fingerprint density at radius 2 is 2.35 bits per heavy atom. The molecule has 17 heavy (non-hydrogen) atoms. The van der Waals surface area contributed by atoms with Crippen LogP contribution in [0.1, 0.15) is 17.2 Å². The lowest BCUT2D eigenvalue weighted by Crippen LogP contribution is -2.25. The largest absolute Gasteiger partial charge is 0.338 e. The molecular formula is C12H17N5. The van der Waals surface area contributed by atoms with E-state index < -0.39 is 0 Å². The van der Waals surface area contributed by atoms with Crippen LogP contribution in [0.5, 0.6) is 0 Å². The van der Waals surface area contributed by atoms with Gasteiger partial charge in [-0.25, -0.2) is 9.97 Å². The highest BCUT2D eigenvalue weighted by Crippen LogP contribution is 2.12. The lowest BCUT2D eigenvalue weighted by Gasteiger charge is -2.15. The number of hydrogen-bond donors (Lipinski definition) is 1. The quantitative estimate of drug-likeness (QED) is 0.837. The third kappa shape index (κ3) is 1.98. The normalized spacial score (nSPS) is 14.9. The summed E-state index contributed by atoms with van der Waals surface area (Å²) in [6.45, 7) is 2.93. The first-order valence-electron chi connectivity index (χ1n) is 6.04. The molecule has 1 aliphatic rings. The molecule has 0 aliphatic carbocycles. The van der Waals surface area contributed by atoms with Crippen molar-refractivity contribution in [2.75, 3.05) is 6.54 Å². The predicted molar refractivity (Wildman–Crippen MR) is 64.5 cm³/mol. The van der Waals surface area contributed by atoms with Gasteiger partial charge in [0.1, 0.15) is 5.82 Å². The fourth-order valence-electron chi connectivity index (χ4n) is 2.35. The van der Waals surface area contributed by atoms with Crippen LogP contribution in [-0.2, 0) is 33.0 Å². The Kier molecular flexibility index (Phi) is 2.68. The van der Waals surface area contributed by atoms with Gasteiger partial charge in [-0.1, -0.05) is 0 Å². The number of rotatable bonds is 3. The second-order valence-electron chi connectivity index (χ2n) is 4.46. The minimum atomic E-state index is 0.907. The summed E-state index contributed by atoms with van der Waals surface area (Å²) < 4.78 is 4.34. The molecule has 3 heterocycles. The molecule has 0 aromatic carbocycles. The van der Waals surface area contributed by atoms with Gasteiger partial charge in [-0.05, 0) is 0 Å². The molecule has 0 bridgehead atoms. The Morgan fingerprint density at radius 3 is 3.18 bits per heavy atom. The topological polar surface area (TPSA) is 47.7 Å². The summed E-state index contributed by atoms with van der Waals surface area (Å²) in [6.07, 6.45) is 7.83. The number of imidazole rings is 2. The van der Waals surface area contributed by atoms with Crippen LogP contribution in [0, 0.1) is 0 Å². The fraction of sp³-hybridized carbons (Fsp3) is 0.500. The number of nitrogens with one attached hydrogen (secondary N) is 1. The van der Waals surface area contributed by atoms with Crippen LogP contribution in [-0.4, -0.2) is 25.6 Å². The molecule has 1 N–H and O–H groups in total. The van der Waals surface area contributed by atoms with E-state index >= 15 is 0 Å². The summed E-state index contributed by atoms with van der Waals surface area (Å²) in [5.74, 6) is 1.13. The lowest BCUT2D eigenvalue weighted by molar-refractivity contribution is 0.576. The summed E-state index contributed by atoms with van der Waals surface area (Å²) in [5, 5.41) is 3.34. The van der Waals surface area contributed by atoms with Crippen molar-refractivity contribution in [3.05, 3.63) is 35.9 Å². The zero-order valence-corrected chi connectivity index (χ0v) is 10.1. The first kappa shape index (κ1) is 10.5. The van der Waals surface area contributed by atoms with Crippen LogP contribution in [0.25, 0.3) is 0 Å². The Labute approximate surface area is 100 Å². The maximum absolute atomic E-state index is 4.45. The van der Waals surface area contributed by atoms with E-state index in [9.17, 15) is 0 Å². The van der Waals surface area contributed by atoms with E-state index in [1.807, 2.05) is 25.8 Å². The molecular weight excluding hydrogens is 214 g/mol. The fourth-order valence-corrected chi connectivity index (χ4v) is 2.35. The van der Waals surface area contributed by atoms with E-state index in [0.29, 0.717) is 0 Å². The summed E-state index contributed by atoms with van der Waals surface area (Å²) in [4.78, 5) is 8.80. The molecule has 2 aromatic rings. The SMILES string of the molecule is Cn1ccnc1CCn1cnc2c1CCNC2. The first-order chi connectivity index (χ1) is 8.34. The molecule has 0 radical (unpaired) electrons. The van der Waals surface area contributed by atoms with Gasteiger partial charge in [0.25, 0.3) is 0 Å². The van der Waals surface area contributed by atoms with Crippen molar-refractivity contribution < 1.29 is 0 Å². The van der Waals surface area contributed by atoms with Gasteiger partial charge in [-0.3, -0.25) is 0 Å². The van der Waals surface area contributed by atoms with Gasteiger partial charge in [0.05, 0.1) is 12.0 Å². The molecule has 0 spiro atoms. The molecule has 0 saturated heterocycles. The van der Waals surface area contributed by atoms with Gasteiger partial charge >= 0.3 is 0 Å². The van der Waals surface area contributed by atoms with Crippen molar-refractivity contribution in [3.63, 3.8) is 0 Å². The third-order valence-electron chi connectivity index (χ3n) is 3.36. The molecule has 0 saturated carbocycles. The van der Waals surface area contributed by atoms with Crippen molar-refractivity contribution in [3.8, 4) is 0 Å². The van der Waals surface area contributed by atoms with Crippen molar-refractivity contribution in [2.24, 2.45) is 7.05 Å². The summed E-state index contributed by atoms with van der Waals surface area (Å²) in [7, 11) is 2.04. The molecule has 1 aliphatic heterocycles. The summed E-state index contributed by atoms with van der Waals surface area (Å²) in [5.41, 5.74) is 2.59. The highest BCUT2D eigenvalue weighted by Gasteiger charge is 2.14. The summed E-state index contributed by atoms with van der Waals surface area (Å²) >= 11 is 0. The van der Waals surface area contributed by atoms with Crippen LogP contribution >= 0.6 is 0 Å². The number of fused-ring (bicyclic) bond motifs is 1. The summed E-state index contributed by atoms with van der Waals surface area (Å²) in [6, 6.07) is 0. The van der Waals surface area contributed by atoms with Gasteiger partial charge in [-0.15, -0.1) is 0 Å². The standard InChI is InChI=1S/C12H17N5/c1-16-7-5-14-12(16)3-6-17-9-15-10-8-13-4-2-11(10)17/h5,7,9,13H,2-4,6,8H2,1H3. The minimum absolute atomic E-state index is 0.907. The second kappa shape index (κ2) is 4.33. The Morgan fingerprint density at radius 1 is 1.41 bits per heavy atom. The molecule has 0 amide bonds.